The van der Waals surface area contributed by atoms with Crippen molar-refractivity contribution in [3.8, 4) is 11.1 Å². The predicted molar refractivity (Wildman–Crippen MR) is 87.3 cm³/mol. The Morgan fingerprint density at radius 2 is 1.80 bits per heavy atom. The number of hydrogen-bond donors (Lipinski definition) is 1. The fourth-order valence-electron chi connectivity index (χ4n) is 2.38. The number of fused-ring (bicyclic) bond motifs is 1. The monoisotopic (exact) mass is 347 g/mol. The molecular formula is C18H12F3NO3. The van der Waals surface area contributed by atoms with Gasteiger partial charge in [-0.3, -0.25) is 4.79 Å². The first-order valence-corrected chi connectivity index (χ1v) is 7.28. The van der Waals surface area contributed by atoms with Gasteiger partial charge in [0.1, 0.15) is 5.58 Å². The van der Waals surface area contributed by atoms with Crippen LogP contribution in [0.2, 0.25) is 0 Å². The van der Waals surface area contributed by atoms with Crippen molar-refractivity contribution in [1.29, 1.82) is 0 Å². The van der Waals surface area contributed by atoms with Crippen LogP contribution in [0.15, 0.2) is 57.7 Å². The second-order valence-electron chi connectivity index (χ2n) is 5.47. The largest absolute Gasteiger partial charge is 0.471 e. The Morgan fingerprint density at radius 3 is 2.52 bits per heavy atom. The summed E-state index contributed by atoms with van der Waals surface area (Å²) in [5.41, 5.74) is 0.757. The number of anilines is 1. The van der Waals surface area contributed by atoms with Gasteiger partial charge in [0, 0.05) is 11.1 Å². The smallest absolute Gasteiger partial charge is 0.422 e. The molecule has 0 aliphatic rings. The summed E-state index contributed by atoms with van der Waals surface area (Å²) in [6.07, 6.45) is -5.00. The molecule has 4 nitrogen and oxygen atoms in total. The number of carbonyl (C=O) groups excluding carboxylic acids is 1. The van der Waals surface area contributed by atoms with Crippen LogP contribution in [-0.4, -0.2) is 12.1 Å². The number of carbonyl (C=O) groups is 1. The van der Waals surface area contributed by atoms with Crippen LogP contribution in [0.1, 0.15) is 5.56 Å². The Morgan fingerprint density at radius 1 is 1.08 bits per heavy atom. The van der Waals surface area contributed by atoms with E-state index in [1.165, 1.54) is 12.1 Å². The molecule has 0 spiro atoms. The van der Waals surface area contributed by atoms with Crippen molar-refractivity contribution in [2.75, 3.05) is 5.32 Å². The maximum atomic E-state index is 12.5. The van der Waals surface area contributed by atoms with Gasteiger partial charge in [-0.1, -0.05) is 30.3 Å². The maximum Gasteiger partial charge on any atom is 0.471 e. The van der Waals surface area contributed by atoms with Crippen molar-refractivity contribution in [3.05, 3.63) is 64.5 Å². The van der Waals surface area contributed by atoms with E-state index in [4.69, 9.17) is 4.42 Å². The summed E-state index contributed by atoms with van der Waals surface area (Å²) in [6, 6.07) is 12.9. The number of rotatable bonds is 2. The molecule has 7 heteroatoms. The summed E-state index contributed by atoms with van der Waals surface area (Å²) in [7, 11) is 0. The van der Waals surface area contributed by atoms with Crippen LogP contribution in [0, 0.1) is 6.92 Å². The van der Waals surface area contributed by atoms with Gasteiger partial charge in [-0.05, 0) is 36.2 Å². The second kappa shape index (κ2) is 6.08. The van der Waals surface area contributed by atoms with E-state index in [0.29, 0.717) is 22.1 Å². The highest BCUT2D eigenvalue weighted by atomic mass is 19.4. The van der Waals surface area contributed by atoms with Crippen LogP contribution in [0.5, 0.6) is 0 Å². The highest BCUT2D eigenvalue weighted by Gasteiger charge is 2.38. The molecule has 128 valence electrons. The molecular weight excluding hydrogens is 335 g/mol. The summed E-state index contributed by atoms with van der Waals surface area (Å²) >= 11 is 0. The molecule has 0 radical (unpaired) electrons. The van der Waals surface area contributed by atoms with Crippen LogP contribution in [0.3, 0.4) is 0 Å². The first-order chi connectivity index (χ1) is 11.8. The highest BCUT2D eigenvalue weighted by Crippen LogP contribution is 2.27. The Balaban J connectivity index is 2.07. The average molecular weight is 347 g/mol. The van der Waals surface area contributed by atoms with E-state index in [2.05, 4.69) is 0 Å². The zero-order valence-electron chi connectivity index (χ0n) is 13.0. The molecule has 0 fully saturated rings. The van der Waals surface area contributed by atoms with Gasteiger partial charge in [0.05, 0.1) is 5.56 Å². The Labute approximate surface area is 139 Å². The minimum Gasteiger partial charge on any atom is -0.422 e. The van der Waals surface area contributed by atoms with Gasteiger partial charge in [-0.25, -0.2) is 4.79 Å². The van der Waals surface area contributed by atoms with Crippen LogP contribution >= 0.6 is 0 Å². The topological polar surface area (TPSA) is 59.3 Å². The molecule has 3 aromatic rings. The molecule has 1 aromatic heterocycles. The van der Waals surface area contributed by atoms with Gasteiger partial charge in [0.25, 0.3) is 0 Å². The van der Waals surface area contributed by atoms with Crippen LogP contribution in [0.25, 0.3) is 22.1 Å². The molecule has 0 saturated heterocycles. The lowest BCUT2D eigenvalue weighted by Gasteiger charge is -2.12. The molecule has 0 aliphatic heterocycles. The summed E-state index contributed by atoms with van der Waals surface area (Å²) in [4.78, 5) is 23.3. The molecule has 3 rings (SSSR count). The summed E-state index contributed by atoms with van der Waals surface area (Å²) < 4.78 is 42.6. The van der Waals surface area contributed by atoms with Crippen molar-refractivity contribution in [2.45, 2.75) is 13.1 Å². The van der Waals surface area contributed by atoms with Gasteiger partial charge in [0.15, 0.2) is 0 Å². The molecule has 0 unspecified atom stereocenters. The summed E-state index contributed by atoms with van der Waals surface area (Å²) in [5, 5.41) is 2.50. The zero-order chi connectivity index (χ0) is 18.2. The number of aryl methyl sites for hydroxylation is 1. The van der Waals surface area contributed by atoms with E-state index in [0.717, 1.165) is 0 Å². The molecule has 0 saturated carbocycles. The molecule has 1 N–H and O–H groups in total. The Bertz CT molecular complexity index is 1020. The number of nitrogens with one attached hydrogen (secondary N) is 1. The zero-order valence-corrected chi connectivity index (χ0v) is 13.0. The molecule has 0 aliphatic carbocycles. The molecule has 2 aromatic carbocycles. The van der Waals surface area contributed by atoms with Crippen LogP contribution < -0.4 is 10.9 Å². The van der Waals surface area contributed by atoms with Crippen molar-refractivity contribution in [3.63, 3.8) is 0 Å². The highest BCUT2D eigenvalue weighted by molar-refractivity contribution is 5.96. The van der Waals surface area contributed by atoms with E-state index < -0.39 is 17.7 Å². The average Bonchev–Trinajstić information content (AvgIpc) is 2.55. The fourth-order valence-corrected chi connectivity index (χ4v) is 2.38. The normalized spacial score (nSPS) is 11.5. The maximum absolute atomic E-state index is 12.5. The third-order valence-corrected chi connectivity index (χ3v) is 3.70. The van der Waals surface area contributed by atoms with Gasteiger partial charge in [0.2, 0.25) is 0 Å². The first-order valence-electron chi connectivity index (χ1n) is 7.28. The number of amides is 1. The van der Waals surface area contributed by atoms with E-state index >= 15 is 0 Å². The first kappa shape index (κ1) is 16.8. The number of halogens is 3. The summed E-state index contributed by atoms with van der Waals surface area (Å²) in [6.45, 7) is 1.55. The Hall–Kier alpha value is -3.09. The lowest BCUT2D eigenvalue weighted by molar-refractivity contribution is -0.167. The van der Waals surface area contributed by atoms with Gasteiger partial charge < -0.3 is 9.73 Å². The number of benzene rings is 2. The minimum absolute atomic E-state index is 0.0209. The van der Waals surface area contributed by atoms with Crippen molar-refractivity contribution >= 4 is 22.6 Å². The molecule has 1 heterocycles. The molecule has 25 heavy (non-hydrogen) atoms. The number of alkyl halides is 3. The van der Waals surface area contributed by atoms with E-state index in [1.54, 1.807) is 43.3 Å². The van der Waals surface area contributed by atoms with Crippen molar-refractivity contribution < 1.29 is 22.4 Å². The fraction of sp³-hybridized carbons (Fsp3) is 0.111. The second-order valence-corrected chi connectivity index (χ2v) is 5.47. The van der Waals surface area contributed by atoms with Gasteiger partial charge in [-0.2, -0.15) is 13.2 Å². The standard InChI is InChI=1S/C18H12F3NO3/c1-10-6-7-11(9-14(10)22-17(24)18(19,20)21)13-8-12-4-2-3-5-15(12)25-16(13)23/h2-9H,1H3,(H,22,24). The van der Waals surface area contributed by atoms with Gasteiger partial charge in [-0.15, -0.1) is 0 Å². The van der Waals surface area contributed by atoms with Gasteiger partial charge >= 0.3 is 17.7 Å². The van der Waals surface area contributed by atoms with Crippen LogP contribution in [-0.2, 0) is 4.79 Å². The molecule has 1 amide bonds. The van der Waals surface area contributed by atoms with E-state index in [-0.39, 0.29) is 11.3 Å². The third kappa shape index (κ3) is 3.40. The Kier molecular flexibility index (Phi) is 4.08. The van der Waals surface area contributed by atoms with Crippen molar-refractivity contribution in [2.24, 2.45) is 0 Å². The predicted octanol–water partition coefficient (Wildman–Crippen LogP) is 4.27. The van der Waals surface area contributed by atoms with Crippen LogP contribution in [0.4, 0.5) is 18.9 Å². The lowest BCUT2D eigenvalue weighted by atomic mass is 10.0. The van der Waals surface area contributed by atoms with E-state index in [1.807, 2.05) is 5.32 Å². The lowest BCUT2D eigenvalue weighted by Crippen LogP contribution is -2.30. The number of hydrogen-bond acceptors (Lipinski definition) is 3. The van der Waals surface area contributed by atoms with Crippen molar-refractivity contribution in [1.82, 2.24) is 0 Å². The third-order valence-electron chi connectivity index (χ3n) is 3.70. The molecule has 0 atom stereocenters. The quantitative estimate of drug-likeness (QED) is 0.704. The SMILES string of the molecule is Cc1ccc(-c2cc3ccccc3oc2=O)cc1NC(=O)C(F)(F)F. The number of para-hydroxylation sites is 1. The summed E-state index contributed by atoms with van der Waals surface area (Å²) in [5.74, 6) is -2.07. The molecule has 0 bridgehead atoms. The van der Waals surface area contributed by atoms with E-state index in [9.17, 15) is 22.8 Å². The minimum atomic E-state index is -5.00.